The molecule has 0 aliphatic rings. The maximum atomic E-state index is 11.9. The largest absolute Gasteiger partial charge is 0.294 e. The van der Waals surface area contributed by atoms with Gasteiger partial charge >= 0.3 is 0 Å². The first-order chi connectivity index (χ1) is 8.49. The van der Waals surface area contributed by atoms with E-state index in [2.05, 4.69) is 20.9 Å². The number of rotatable bonds is 2. The van der Waals surface area contributed by atoms with Gasteiger partial charge in [-0.15, -0.1) is 0 Å². The van der Waals surface area contributed by atoms with Crippen LogP contribution in [0.2, 0.25) is 10.2 Å². The molecule has 0 fully saturated rings. The lowest BCUT2D eigenvalue weighted by molar-refractivity contribution is 0.731. The lowest BCUT2D eigenvalue weighted by Crippen LogP contribution is -2.22. The maximum absolute atomic E-state index is 11.9. The summed E-state index contributed by atoms with van der Waals surface area (Å²) in [6.45, 7) is 2.32. The van der Waals surface area contributed by atoms with E-state index >= 15 is 0 Å². The van der Waals surface area contributed by atoms with E-state index in [1.54, 1.807) is 0 Å². The molecule has 0 bridgehead atoms. The number of aryl methyl sites for hydroxylation is 1. The van der Waals surface area contributed by atoms with Crippen LogP contribution in [-0.2, 0) is 6.54 Å². The second kappa shape index (κ2) is 5.43. The molecule has 0 amide bonds. The van der Waals surface area contributed by atoms with Gasteiger partial charge in [0.1, 0.15) is 4.47 Å². The Hall–Kier alpha value is -0.840. The van der Waals surface area contributed by atoms with Crippen molar-refractivity contribution < 1.29 is 0 Å². The molecule has 1 heterocycles. The monoisotopic (exact) mass is 346 g/mol. The van der Waals surface area contributed by atoms with Gasteiger partial charge < -0.3 is 0 Å². The van der Waals surface area contributed by atoms with E-state index in [0.717, 1.165) is 11.1 Å². The fourth-order valence-electron chi connectivity index (χ4n) is 1.52. The fourth-order valence-corrected chi connectivity index (χ4v) is 2.27. The van der Waals surface area contributed by atoms with E-state index in [1.165, 1.54) is 10.9 Å². The second-order valence-electron chi connectivity index (χ2n) is 3.88. The molecule has 6 heteroatoms. The minimum absolute atomic E-state index is 0.159. The van der Waals surface area contributed by atoms with Gasteiger partial charge in [-0.1, -0.05) is 35.3 Å². The third kappa shape index (κ3) is 2.76. The van der Waals surface area contributed by atoms with Crippen LogP contribution in [-0.4, -0.2) is 9.55 Å². The zero-order valence-corrected chi connectivity index (χ0v) is 12.6. The van der Waals surface area contributed by atoms with Crippen molar-refractivity contribution in [1.82, 2.24) is 9.55 Å². The number of halogens is 3. The van der Waals surface area contributed by atoms with Crippen molar-refractivity contribution in [3.8, 4) is 0 Å². The lowest BCUT2D eigenvalue weighted by Gasteiger charge is -2.08. The van der Waals surface area contributed by atoms with Crippen molar-refractivity contribution in [2.75, 3.05) is 0 Å². The molecule has 0 saturated heterocycles. The summed E-state index contributed by atoms with van der Waals surface area (Å²) < 4.78 is 1.71. The maximum Gasteiger partial charge on any atom is 0.269 e. The number of hydrogen-bond donors (Lipinski definition) is 0. The van der Waals surface area contributed by atoms with Gasteiger partial charge in [0.2, 0.25) is 0 Å². The summed E-state index contributed by atoms with van der Waals surface area (Å²) in [5, 5.41) is 0.791. The average Bonchev–Trinajstić information content (AvgIpc) is 2.33. The first-order valence-electron chi connectivity index (χ1n) is 5.14. The standard InChI is InChI=1S/C12H9BrCl2N2O/c1-7-2-3-8(9(14)4-7)5-17-6-16-11(15)10(13)12(17)18/h2-4,6H,5H2,1H3. The molecule has 18 heavy (non-hydrogen) atoms. The highest BCUT2D eigenvalue weighted by molar-refractivity contribution is 9.10. The Morgan fingerprint density at radius 2 is 2.11 bits per heavy atom. The van der Waals surface area contributed by atoms with Gasteiger partial charge in [0, 0.05) is 5.02 Å². The van der Waals surface area contributed by atoms with E-state index < -0.39 is 0 Å². The third-order valence-corrected chi connectivity index (χ3v) is 4.07. The van der Waals surface area contributed by atoms with Crippen LogP contribution < -0.4 is 5.56 Å². The van der Waals surface area contributed by atoms with Gasteiger partial charge in [-0.25, -0.2) is 4.98 Å². The topological polar surface area (TPSA) is 34.9 Å². The Labute approximate surface area is 123 Å². The minimum atomic E-state index is -0.230. The van der Waals surface area contributed by atoms with E-state index in [0.29, 0.717) is 11.6 Å². The second-order valence-corrected chi connectivity index (χ2v) is 5.44. The number of benzene rings is 1. The molecule has 0 N–H and O–H groups in total. The molecule has 0 saturated carbocycles. The molecule has 0 atom stereocenters. The molecule has 2 aromatic rings. The smallest absolute Gasteiger partial charge is 0.269 e. The molecule has 0 aliphatic heterocycles. The zero-order chi connectivity index (χ0) is 13.3. The van der Waals surface area contributed by atoms with Crippen molar-refractivity contribution in [3.63, 3.8) is 0 Å². The van der Waals surface area contributed by atoms with Crippen molar-refractivity contribution in [3.05, 3.63) is 60.7 Å². The summed E-state index contributed by atoms with van der Waals surface area (Å²) in [4.78, 5) is 15.8. The summed E-state index contributed by atoms with van der Waals surface area (Å²) in [5.74, 6) is 0. The Morgan fingerprint density at radius 1 is 1.39 bits per heavy atom. The molecule has 94 valence electrons. The first kappa shape index (κ1) is 13.6. The molecule has 3 nitrogen and oxygen atoms in total. The van der Waals surface area contributed by atoms with E-state index in [9.17, 15) is 4.79 Å². The van der Waals surface area contributed by atoms with Crippen LogP contribution in [0.15, 0.2) is 33.8 Å². The Bertz CT molecular complexity index is 655. The van der Waals surface area contributed by atoms with Crippen LogP contribution in [0.4, 0.5) is 0 Å². The van der Waals surface area contributed by atoms with Crippen molar-refractivity contribution in [1.29, 1.82) is 0 Å². The number of nitrogens with zero attached hydrogens (tertiary/aromatic N) is 2. The number of hydrogen-bond acceptors (Lipinski definition) is 2. The molecule has 0 unspecified atom stereocenters. The van der Waals surface area contributed by atoms with Gasteiger partial charge in [-0.3, -0.25) is 9.36 Å². The third-order valence-electron chi connectivity index (χ3n) is 2.49. The van der Waals surface area contributed by atoms with E-state index in [4.69, 9.17) is 23.2 Å². The molecule has 1 aromatic carbocycles. The SMILES string of the molecule is Cc1ccc(Cn2cnc(Cl)c(Br)c2=O)c(Cl)c1. The normalized spacial score (nSPS) is 10.7. The zero-order valence-electron chi connectivity index (χ0n) is 9.45. The van der Waals surface area contributed by atoms with E-state index in [1.807, 2.05) is 25.1 Å². The van der Waals surface area contributed by atoms with Gasteiger partial charge in [-0.05, 0) is 40.0 Å². The molecular weight excluding hydrogens is 339 g/mol. The van der Waals surface area contributed by atoms with Crippen LogP contribution in [0, 0.1) is 6.92 Å². The molecule has 1 aromatic heterocycles. The minimum Gasteiger partial charge on any atom is -0.294 e. The highest BCUT2D eigenvalue weighted by Gasteiger charge is 2.08. The highest BCUT2D eigenvalue weighted by Crippen LogP contribution is 2.19. The van der Waals surface area contributed by atoms with Gasteiger partial charge in [-0.2, -0.15) is 0 Å². The quantitative estimate of drug-likeness (QED) is 0.777. The van der Waals surface area contributed by atoms with Crippen LogP contribution in [0.3, 0.4) is 0 Å². The summed E-state index contributed by atoms with van der Waals surface area (Å²) >= 11 is 15.0. The average molecular weight is 348 g/mol. The highest BCUT2D eigenvalue weighted by atomic mass is 79.9. The molecular formula is C12H9BrCl2N2O. The molecule has 0 aliphatic carbocycles. The van der Waals surface area contributed by atoms with Crippen LogP contribution >= 0.6 is 39.1 Å². The van der Waals surface area contributed by atoms with Gasteiger partial charge in [0.25, 0.3) is 5.56 Å². The van der Waals surface area contributed by atoms with Gasteiger partial charge in [0.05, 0.1) is 12.9 Å². The molecule has 0 radical (unpaired) electrons. The molecule has 0 spiro atoms. The van der Waals surface area contributed by atoms with Crippen LogP contribution in [0.25, 0.3) is 0 Å². The predicted octanol–water partition coefficient (Wildman–Crippen LogP) is 3.67. The van der Waals surface area contributed by atoms with E-state index in [-0.39, 0.29) is 15.2 Å². The Balaban J connectivity index is 2.41. The predicted molar refractivity (Wildman–Crippen MR) is 76.5 cm³/mol. The molecule has 2 rings (SSSR count). The fraction of sp³-hybridized carbons (Fsp3) is 0.167. The van der Waals surface area contributed by atoms with Crippen molar-refractivity contribution in [2.24, 2.45) is 0 Å². The lowest BCUT2D eigenvalue weighted by atomic mass is 10.1. The van der Waals surface area contributed by atoms with Crippen LogP contribution in [0.5, 0.6) is 0 Å². The Kier molecular flexibility index (Phi) is 4.10. The van der Waals surface area contributed by atoms with Gasteiger partial charge in [0.15, 0.2) is 5.15 Å². The van der Waals surface area contributed by atoms with Crippen LogP contribution in [0.1, 0.15) is 11.1 Å². The summed E-state index contributed by atoms with van der Waals surface area (Å²) in [6.07, 6.45) is 1.41. The summed E-state index contributed by atoms with van der Waals surface area (Å²) in [6, 6.07) is 5.71. The summed E-state index contributed by atoms with van der Waals surface area (Å²) in [5.41, 5.74) is 1.71. The summed E-state index contributed by atoms with van der Waals surface area (Å²) in [7, 11) is 0. The number of aromatic nitrogens is 2. The van der Waals surface area contributed by atoms with Crippen molar-refractivity contribution >= 4 is 39.1 Å². The van der Waals surface area contributed by atoms with Crippen molar-refractivity contribution in [2.45, 2.75) is 13.5 Å². The first-order valence-corrected chi connectivity index (χ1v) is 6.69. The Morgan fingerprint density at radius 3 is 2.78 bits per heavy atom.